The molecule has 0 fully saturated rings. The van der Waals surface area contributed by atoms with E-state index in [1.807, 2.05) is 6.07 Å². The zero-order chi connectivity index (χ0) is 14.7. The molecule has 1 N–H and O–H groups in total. The van der Waals surface area contributed by atoms with Gasteiger partial charge in [0.25, 0.3) is 5.91 Å². The van der Waals surface area contributed by atoms with Crippen molar-refractivity contribution in [3.05, 3.63) is 55.9 Å². The number of hydrogen-bond donors (Lipinski definition) is 1. The zero-order valence-electron chi connectivity index (χ0n) is 10.4. The first-order valence-corrected chi connectivity index (χ1v) is 7.57. The number of nitrogens with one attached hydrogen (secondary N) is 1. The second-order valence-electron chi connectivity index (χ2n) is 3.96. The Balaban J connectivity index is 2.21. The molecule has 6 heteroatoms. The van der Waals surface area contributed by atoms with Gasteiger partial charge in [-0.3, -0.25) is 4.79 Å². The molecule has 0 saturated heterocycles. The maximum atomic E-state index is 12.2. The summed E-state index contributed by atoms with van der Waals surface area (Å²) in [4.78, 5) is 12.2. The smallest absolute Gasteiger partial charge is 0.255 e. The van der Waals surface area contributed by atoms with Crippen LogP contribution in [0.15, 0.2) is 45.3 Å². The molecular formula is C14H10Br2ClNO2. The second-order valence-corrected chi connectivity index (χ2v) is 6.20. The lowest BCUT2D eigenvalue weighted by molar-refractivity contribution is 0.102. The fourth-order valence-corrected chi connectivity index (χ4v) is 3.18. The summed E-state index contributed by atoms with van der Waals surface area (Å²) in [5.74, 6) is 0.350. The van der Waals surface area contributed by atoms with E-state index in [4.69, 9.17) is 16.3 Å². The van der Waals surface area contributed by atoms with E-state index in [0.29, 0.717) is 22.0 Å². The molecule has 2 aromatic carbocycles. The fourth-order valence-electron chi connectivity index (χ4n) is 1.63. The highest BCUT2D eigenvalue weighted by Gasteiger charge is 2.09. The molecule has 0 atom stereocenters. The van der Waals surface area contributed by atoms with Crippen LogP contribution in [0.25, 0.3) is 0 Å². The van der Waals surface area contributed by atoms with Crippen molar-refractivity contribution >= 4 is 55.1 Å². The minimum absolute atomic E-state index is 0.215. The molecule has 0 saturated carbocycles. The van der Waals surface area contributed by atoms with Crippen LogP contribution in [-0.4, -0.2) is 13.0 Å². The molecular weight excluding hydrogens is 409 g/mol. The summed E-state index contributed by atoms with van der Waals surface area (Å²) in [5.41, 5.74) is 1.15. The molecule has 1 amide bonds. The summed E-state index contributed by atoms with van der Waals surface area (Å²) < 4.78 is 6.71. The number of rotatable bonds is 3. The van der Waals surface area contributed by atoms with Gasteiger partial charge < -0.3 is 10.1 Å². The van der Waals surface area contributed by atoms with Crippen LogP contribution in [0.4, 0.5) is 5.69 Å². The third-order valence-corrected chi connectivity index (χ3v) is 3.75. The maximum absolute atomic E-state index is 12.2. The quantitative estimate of drug-likeness (QED) is 0.749. The molecule has 0 aliphatic rings. The number of anilines is 1. The van der Waals surface area contributed by atoms with Crippen LogP contribution in [-0.2, 0) is 0 Å². The Morgan fingerprint density at radius 3 is 2.35 bits per heavy atom. The molecule has 0 heterocycles. The number of ether oxygens (including phenoxy) is 1. The van der Waals surface area contributed by atoms with Gasteiger partial charge in [0, 0.05) is 20.2 Å². The van der Waals surface area contributed by atoms with Gasteiger partial charge in [0.2, 0.25) is 0 Å². The summed E-state index contributed by atoms with van der Waals surface area (Å²) in [5, 5.41) is 3.23. The van der Waals surface area contributed by atoms with Gasteiger partial charge in [-0.25, -0.2) is 0 Å². The molecule has 0 bridgehead atoms. The molecule has 2 aromatic rings. The molecule has 0 aliphatic heterocycles. The monoisotopic (exact) mass is 417 g/mol. The van der Waals surface area contributed by atoms with Crippen LogP contribution in [0.1, 0.15) is 10.4 Å². The third-order valence-electron chi connectivity index (χ3n) is 2.53. The maximum Gasteiger partial charge on any atom is 0.255 e. The number of benzene rings is 2. The molecule has 20 heavy (non-hydrogen) atoms. The first-order chi connectivity index (χ1) is 9.49. The van der Waals surface area contributed by atoms with Crippen molar-refractivity contribution in [2.75, 3.05) is 12.4 Å². The number of amides is 1. The average molecular weight is 420 g/mol. The average Bonchev–Trinajstić information content (AvgIpc) is 2.37. The molecule has 3 nitrogen and oxygen atoms in total. The van der Waals surface area contributed by atoms with Crippen LogP contribution in [0.3, 0.4) is 0 Å². The van der Waals surface area contributed by atoms with Crippen LogP contribution < -0.4 is 10.1 Å². The van der Waals surface area contributed by atoms with E-state index >= 15 is 0 Å². The zero-order valence-corrected chi connectivity index (χ0v) is 14.3. The lowest BCUT2D eigenvalue weighted by Gasteiger charge is -2.08. The molecule has 0 spiro atoms. The van der Waals surface area contributed by atoms with Crippen molar-refractivity contribution in [2.45, 2.75) is 0 Å². The first-order valence-electron chi connectivity index (χ1n) is 5.60. The normalized spacial score (nSPS) is 10.2. The van der Waals surface area contributed by atoms with Crippen LogP contribution in [0.5, 0.6) is 5.75 Å². The Morgan fingerprint density at radius 2 is 1.80 bits per heavy atom. The Morgan fingerprint density at radius 1 is 1.15 bits per heavy atom. The topological polar surface area (TPSA) is 38.3 Å². The van der Waals surface area contributed by atoms with Crippen LogP contribution >= 0.6 is 43.5 Å². The van der Waals surface area contributed by atoms with Crippen molar-refractivity contribution in [1.82, 2.24) is 0 Å². The Labute approximate surface area is 138 Å². The largest absolute Gasteiger partial charge is 0.495 e. The predicted octanol–water partition coefficient (Wildman–Crippen LogP) is 5.13. The molecule has 0 unspecified atom stereocenters. The van der Waals surface area contributed by atoms with E-state index in [1.165, 1.54) is 0 Å². The van der Waals surface area contributed by atoms with Crippen molar-refractivity contribution in [2.24, 2.45) is 0 Å². The van der Waals surface area contributed by atoms with Gasteiger partial charge >= 0.3 is 0 Å². The van der Waals surface area contributed by atoms with Crippen molar-refractivity contribution in [3.63, 3.8) is 0 Å². The van der Waals surface area contributed by atoms with Gasteiger partial charge in [-0.2, -0.15) is 0 Å². The Hall–Kier alpha value is -1.04. The molecule has 0 aromatic heterocycles. The van der Waals surface area contributed by atoms with E-state index in [1.54, 1.807) is 37.4 Å². The number of hydrogen-bond acceptors (Lipinski definition) is 2. The number of carbonyl (C=O) groups is 1. The summed E-state index contributed by atoms with van der Waals surface area (Å²) >= 11 is 12.7. The lowest BCUT2D eigenvalue weighted by Crippen LogP contribution is -2.11. The third kappa shape index (κ3) is 3.75. The molecule has 0 aliphatic carbocycles. The van der Waals surface area contributed by atoms with E-state index in [9.17, 15) is 4.79 Å². The van der Waals surface area contributed by atoms with E-state index in [-0.39, 0.29) is 5.91 Å². The second kappa shape index (κ2) is 6.61. The SMILES string of the molecule is COc1ccc(NC(=O)c2cc(Br)cc(Br)c2)cc1Cl. The Bertz CT molecular complexity index is 641. The fraction of sp³-hybridized carbons (Fsp3) is 0.0714. The molecule has 2 rings (SSSR count). The van der Waals surface area contributed by atoms with Gasteiger partial charge in [-0.05, 0) is 36.4 Å². The van der Waals surface area contributed by atoms with E-state index in [2.05, 4.69) is 37.2 Å². The summed E-state index contributed by atoms with van der Waals surface area (Å²) in [6.07, 6.45) is 0. The number of carbonyl (C=O) groups excluding carboxylic acids is 1. The summed E-state index contributed by atoms with van der Waals surface area (Å²) in [7, 11) is 1.54. The van der Waals surface area contributed by atoms with Gasteiger partial charge in [0.15, 0.2) is 0 Å². The highest BCUT2D eigenvalue weighted by molar-refractivity contribution is 9.11. The van der Waals surface area contributed by atoms with Crippen LogP contribution in [0, 0.1) is 0 Å². The number of halogens is 3. The van der Waals surface area contributed by atoms with Gasteiger partial charge in [-0.1, -0.05) is 43.5 Å². The van der Waals surface area contributed by atoms with Gasteiger partial charge in [0.05, 0.1) is 12.1 Å². The lowest BCUT2D eigenvalue weighted by atomic mass is 10.2. The van der Waals surface area contributed by atoms with Crippen molar-refractivity contribution in [1.29, 1.82) is 0 Å². The highest BCUT2D eigenvalue weighted by atomic mass is 79.9. The van der Waals surface area contributed by atoms with Gasteiger partial charge in [-0.15, -0.1) is 0 Å². The first kappa shape index (κ1) is 15.4. The predicted molar refractivity (Wildman–Crippen MR) is 87.8 cm³/mol. The highest BCUT2D eigenvalue weighted by Crippen LogP contribution is 2.28. The van der Waals surface area contributed by atoms with Gasteiger partial charge in [0.1, 0.15) is 5.75 Å². The van der Waals surface area contributed by atoms with Crippen LogP contribution in [0.2, 0.25) is 5.02 Å². The van der Waals surface area contributed by atoms with Crippen molar-refractivity contribution < 1.29 is 9.53 Å². The minimum Gasteiger partial charge on any atom is -0.495 e. The standard InChI is InChI=1S/C14H10Br2ClNO2/c1-20-13-3-2-11(7-12(13)17)18-14(19)8-4-9(15)6-10(16)5-8/h2-7H,1H3,(H,18,19). The summed E-state index contributed by atoms with van der Waals surface area (Å²) in [6.45, 7) is 0. The van der Waals surface area contributed by atoms with E-state index in [0.717, 1.165) is 8.95 Å². The molecule has 0 radical (unpaired) electrons. The minimum atomic E-state index is -0.215. The van der Waals surface area contributed by atoms with E-state index < -0.39 is 0 Å². The Kier molecular flexibility index (Phi) is 5.07. The number of methoxy groups -OCH3 is 1. The molecule has 104 valence electrons. The van der Waals surface area contributed by atoms with Crippen molar-refractivity contribution in [3.8, 4) is 5.75 Å². The summed E-state index contributed by atoms with van der Waals surface area (Å²) in [6, 6.07) is 10.4.